The van der Waals surface area contributed by atoms with E-state index in [2.05, 4.69) is 5.32 Å². The van der Waals surface area contributed by atoms with Crippen LogP contribution in [-0.2, 0) is 10.3 Å². The molecular formula is C19H19N3O6. The highest BCUT2D eigenvalue weighted by molar-refractivity contribution is 6.07. The number of carbonyl (C=O) groups excluding carboxylic acids is 2. The fourth-order valence-corrected chi connectivity index (χ4v) is 2.94. The second kappa shape index (κ2) is 7.55. The van der Waals surface area contributed by atoms with Crippen LogP contribution in [0, 0.1) is 10.1 Å². The van der Waals surface area contributed by atoms with Crippen LogP contribution in [0.25, 0.3) is 0 Å². The summed E-state index contributed by atoms with van der Waals surface area (Å²) in [5.41, 5.74) is -0.907. The molecule has 2 aromatic carbocycles. The van der Waals surface area contributed by atoms with Gasteiger partial charge in [-0.15, -0.1) is 0 Å². The minimum atomic E-state index is -1.29. The van der Waals surface area contributed by atoms with Gasteiger partial charge in [-0.1, -0.05) is 0 Å². The second-order valence-corrected chi connectivity index (χ2v) is 6.34. The van der Waals surface area contributed by atoms with E-state index < -0.39 is 22.4 Å². The van der Waals surface area contributed by atoms with E-state index in [9.17, 15) is 19.7 Å². The summed E-state index contributed by atoms with van der Waals surface area (Å²) in [6, 6.07) is 11.9. The summed E-state index contributed by atoms with van der Waals surface area (Å²) in [6.45, 7) is 1.76. The number of carbonyl (C=O) groups is 2. The highest BCUT2D eigenvalue weighted by atomic mass is 16.6. The third-order valence-electron chi connectivity index (χ3n) is 4.57. The van der Waals surface area contributed by atoms with E-state index in [0.29, 0.717) is 17.1 Å². The molecule has 3 rings (SSSR count). The van der Waals surface area contributed by atoms with Gasteiger partial charge >= 0.3 is 6.03 Å². The molecule has 146 valence electrons. The molecule has 0 spiro atoms. The Kier molecular flexibility index (Phi) is 5.16. The maximum Gasteiger partial charge on any atom is 0.325 e. The summed E-state index contributed by atoms with van der Waals surface area (Å²) >= 11 is 0. The van der Waals surface area contributed by atoms with Gasteiger partial charge in [0.15, 0.2) is 0 Å². The molecular weight excluding hydrogens is 366 g/mol. The number of amides is 3. The standard InChI is InChI=1S/C19H19N3O6/c1-19(13-3-5-14(6-4-13)22(25)26)17(23)21(18(24)20-19)11-12-28-16-9-7-15(27-2)8-10-16/h3-10H,11-12H2,1-2H3,(H,20,24)/t19-/m1/s1. The number of non-ortho nitro benzene ring substituents is 1. The van der Waals surface area contributed by atoms with Gasteiger partial charge in [-0.05, 0) is 48.9 Å². The average molecular weight is 385 g/mol. The molecule has 1 aliphatic heterocycles. The molecule has 28 heavy (non-hydrogen) atoms. The summed E-state index contributed by atoms with van der Waals surface area (Å²) < 4.78 is 10.6. The molecule has 1 atom stereocenters. The molecule has 9 nitrogen and oxygen atoms in total. The SMILES string of the molecule is COc1ccc(OCCN2C(=O)N[C@](C)(c3ccc([N+](=O)[O-])cc3)C2=O)cc1. The Morgan fingerprint density at radius 2 is 1.68 bits per heavy atom. The van der Waals surface area contributed by atoms with E-state index in [-0.39, 0.29) is 18.8 Å². The topological polar surface area (TPSA) is 111 Å². The molecule has 3 amide bonds. The van der Waals surface area contributed by atoms with Crippen molar-refractivity contribution in [1.82, 2.24) is 10.2 Å². The van der Waals surface area contributed by atoms with E-state index >= 15 is 0 Å². The number of nitrogens with zero attached hydrogens (tertiary/aromatic N) is 2. The fourth-order valence-electron chi connectivity index (χ4n) is 2.94. The average Bonchev–Trinajstić information content (AvgIpc) is 2.92. The van der Waals surface area contributed by atoms with Crippen molar-refractivity contribution < 1.29 is 24.0 Å². The van der Waals surface area contributed by atoms with Crippen molar-refractivity contribution in [2.45, 2.75) is 12.5 Å². The first-order chi connectivity index (χ1) is 13.3. The van der Waals surface area contributed by atoms with Gasteiger partial charge in [-0.3, -0.25) is 19.8 Å². The molecule has 0 aromatic heterocycles. The normalized spacial score (nSPS) is 18.7. The maximum absolute atomic E-state index is 12.8. The number of rotatable bonds is 7. The lowest BCUT2D eigenvalue weighted by molar-refractivity contribution is -0.384. The second-order valence-electron chi connectivity index (χ2n) is 6.34. The van der Waals surface area contributed by atoms with Gasteiger partial charge in [-0.2, -0.15) is 0 Å². The molecule has 1 saturated heterocycles. The van der Waals surface area contributed by atoms with Gasteiger partial charge in [0, 0.05) is 12.1 Å². The van der Waals surface area contributed by atoms with Crippen LogP contribution in [0.3, 0.4) is 0 Å². The van der Waals surface area contributed by atoms with Crippen LogP contribution >= 0.6 is 0 Å². The number of methoxy groups -OCH3 is 1. The molecule has 0 bridgehead atoms. The number of hydrogen-bond donors (Lipinski definition) is 1. The number of hydrogen-bond acceptors (Lipinski definition) is 6. The Labute approximate surface area is 161 Å². The largest absolute Gasteiger partial charge is 0.497 e. The lowest BCUT2D eigenvalue weighted by Gasteiger charge is -2.22. The molecule has 1 heterocycles. The number of nitro groups is 1. The third-order valence-corrected chi connectivity index (χ3v) is 4.57. The van der Waals surface area contributed by atoms with Gasteiger partial charge in [-0.25, -0.2) is 4.79 Å². The Hall–Kier alpha value is -3.62. The van der Waals surface area contributed by atoms with Gasteiger partial charge in [0.05, 0.1) is 18.6 Å². The van der Waals surface area contributed by atoms with Crippen molar-refractivity contribution in [3.63, 3.8) is 0 Å². The number of ether oxygens (including phenoxy) is 2. The zero-order valence-corrected chi connectivity index (χ0v) is 15.4. The zero-order chi connectivity index (χ0) is 20.3. The smallest absolute Gasteiger partial charge is 0.325 e. The molecule has 0 radical (unpaired) electrons. The molecule has 0 unspecified atom stereocenters. The van der Waals surface area contributed by atoms with E-state index in [1.54, 1.807) is 38.3 Å². The van der Waals surface area contributed by atoms with Crippen LogP contribution in [0.5, 0.6) is 11.5 Å². The summed E-state index contributed by atoms with van der Waals surface area (Å²) in [4.78, 5) is 36.5. The fraction of sp³-hybridized carbons (Fsp3) is 0.263. The summed E-state index contributed by atoms with van der Waals surface area (Å²) in [5, 5.41) is 13.4. The van der Waals surface area contributed by atoms with Crippen LogP contribution in [0.4, 0.5) is 10.5 Å². The third kappa shape index (κ3) is 3.59. The van der Waals surface area contributed by atoms with E-state index in [1.807, 2.05) is 0 Å². The first-order valence-corrected chi connectivity index (χ1v) is 8.51. The minimum Gasteiger partial charge on any atom is -0.497 e. The minimum absolute atomic E-state index is 0.0687. The molecule has 0 saturated carbocycles. The maximum atomic E-state index is 12.8. The highest BCUT2D eigenvalue weighted by Crippen LogP contribution is 2.30. The summed E-state index contributed by atoms with van der Waals surface area (Å²) in [6.07, 6.45) is 0. The van der Waals surface area contributed by atoms with Crippen molar-refractivity contribution in [2.24, 2.45) is 0 Å². The molecule has 2 aromatic rings. The quantitative estimate of drug-likeness (QED) is 0.445. The zero-order valence-electron chi connectivity index (χ0n) is 15.4. The van der Waals surface area contributed by atoms with Crippen molar-refractivity contribution in [1.29, 1.82) is 0 Å². The lowest BCUT2D eigenvalue weighted by atomic mass is 9.92. The molecule has 1 aliphatic rings. The van der Waals surface area contributed by atoms with Crippen LogP contribution in [0.15, 0.2) is 48.5 Å². The van der Waals surface area contributed by atoms with Gasteiger partial charge in [0.25, 0.3) is 11.6 Å². The van der Waals surface area contributed by atoms with Crippen molar-refractivity contribution in [2.75, 3.05) is 20.3 Å². The predicted molar refractivity (Wildman–Crippen MR) is 99.2 cm³/mol. The summed E-state index contributed by atoms with van der Waals surface area (Å²) in [7, 11) is 1.56. The number of nitro benzene ring substituents is 1. The number of urea groups is 1. The molecule has 9 heteroatoms. The van der Waals surface area contributed by atoms with Crippen LogP contribution in [0.2, 0.25) is 0 Å². The first-order valence-electron chi connectivity index (χ1n) is 8.51. The summed E-state index contributed by atoms with van der Waals surface area (Å²) in [5.74, 6) is 0.844. The Bertz CT molecular complexity index is 897. The number of imide groups is 1. The molecule has 1 N–H and O–H groups in total. The first kappa shape index (κ1) is 19.2. The van der Waals surface area contributed by atoms with Crippen molar-refractivity contribution in [3.8, 4) is 11.5 Å². The van der Waals surface area contributed by atoms with Gasteiger partial charge in [0.1, 0.15) is 23.6 Å². The number of benzene rings is 2. The van der Waals surface area contributed by atoms with Gasteiger partial charge < -0.3 is 14.8 Å². The van der Waals surface area contributed by atoms with Crippen LogP contribution in [-0.4, -0.2) is 42.0 Å². The Morgan fingerprint density at radius 1 is 1.07 bits per heavy atom. The lowest BCUT2D eigenvalue weighted by Crippen LogP contribution is -2.41. The number of nitrogens with one attached hydrogen (secondary N) is 1. The van der Waals surface area contributed by atoms with E-state index in [0.717, 1.165) is 4.90 Å². The predicted octanol–water partition coefficient (Wildman–Crippen LogP) is 2.45. The van der Waals surface area contributed by atoms with Crippen molar-refractivity contribution in [3.05, 3.63) is 64.2 Å². The highest BCUT2D eigenvalue weighted by Gasteiger charge is 2.48. The monoisotopic (exact) mass is 385 g/mol. The van der Waals surface area contributed by atoms with Crippen LogP contribution in [0.1, 0.15) is 12.5 Å². The Morgan fingerprint density at radius 3 is 2.25 bits per heavy atom. The van der Waals surface area contributed by atoms with Crippen LogP contribution < -0.4 is 14.8 Å². The molecule has 0 aliphatic carbocycles. The van der Waals surface area contributed by atoms with E-state index in [4.69, 9.17) is 9.47 Å². The van der Waals surface area contributed by atoms with E-state index in [1.165, 1.54) is 24.3 Å². The molecule has 1 fully saturated rings. The van der Waals surface area contributed by atoms with Gasteiger partial charge in [0.2, 0.25) is 0 Å². The Balaban J connectivity index is 1.65. The van der Waals surface area contributed by atoms with Crippen molar-refractivity contribution >= 4 is 17.6 Å².